The molecule has 0 spiro atoms. The molecular weight excluding hydrogens is 518 g/mol. The van der Waals surface area contributed by atoms with Crippen molar-refractivity contribution in [1.82, 2.24) is 4.98 Å². The predicted octanol–water partition coefficient (Wildman–Crippen LogP) is 11.6. The topological polar surface area (TPSA) is 12.9 Å². The second kappa shape index (κ2) is 13.0. The Morgan fingerprint density at radius 2 is 0.860 bits per heavy atom. The fourth-order valence-electron chi connectivity index (χ4n) is 6.62. The zero-order chi connectivity index (χ0) is 29.5. The first-order valence-electron chi connectivity index (χ1n) is 15.6. The summed E-state index contributed by atoms with van der Waals surface area (Å²) in [6, 6.07) is 53.0. The van der Waals surface area contributed by atoms with Crippen molar-refractivity contribution in [3.63, 3.8) is 0 Å². The van der Waals surface area contributed by atoms with Crippen molar-refractivity contribution >= 4 is 0 Å². The van der Waals surface area contributed by atoms with Gasteiger partial charge in [0.2, 0.25) is 0 Å². The minimum Gasteiger partial charge on any atom is -0.256 e. The maximum Gasteiger partial charge on any atom is 0.0702 e. The summed E-state index contributed by atoms with van der Waals surface area (Å²) in [7, 11) is 0. The minimum absolute atomic E-state index is 0.0243. The van der Waals surface area contributed by atoms with Gasteiger partial charge in [-0.25, -0.2) is 0 Å². The van der Waals surface area contributed by atoms with Crippen LogP contribution in [0.2, 0.25) is 0 Å². The van der Waals surface area contributed by atoms with Crippen molar-refractivity contribution in [2.75, 3.05) is 0 Å². The van der Waals surface area contributed by atoms with Gasteiger partial charge in [-0.1, -0.05) is 142 Å². The molecule has 43 heavy (non-hydrogen) atoms. The number of nitrogens with zero attached hydrogens (tertiary/aromatic N) is 1. The molecule has 0 atom stereocenters. The Morgan fingerprint density at radius 1 is 0.419 bits per heavy atom. The van der Waals surface area contributed by atoms with E-state index in [1.807, 2.05) is 18.3 Å². The van der Waals surface area contributed by atoms with E-state index in [4.69, 9.17) is 0 Å². The van der Waals surface area contributed by atoms with Gasteiger partial charge >= 0.3 is 0 Å². The maximum atomic E-state index is 4.55. The van der Waals surface area contributed by atoms with Gasteiger partial charge in [-0.2, -0.15) is 0 Å². The Labute approximate surface area is 256 Å². The highest BCUT2D eigenvalue weighted by atomic mass is 14.7. The Kier molecular flexibility index (Phi) is 8.61. The van der Waals surface area contributed by atoms with Crippen LogP contribution in [0.4, 0.5) is 0 Å². The van der Waals surface area contributed by atoms with Gasteiger partial charge in [-0.05, 0) is 87.7 Å². The fraction of sp³-hybridized carbons (Fsp3) is 0.167. The van der Waals surface area contributed by atoms with Crippen LogP contribution in [0, 0.1) is 0 Å². The molecule has 212 valence electrons. The smallest absolute Gasteiger partial charge is 0.0702 e. The highest BCUT2D eigenvalue weighted by molar-refractivity contribution is 5.78. The molecule has 6 rings (SSSR count). The third-order valence-electron chi connectivity index (χ3n) is 8.64. The minimum atomic E-state index is 0.0243. The van der Waals surface area contributed by atoms with Gasteiger partial charge in [0, 0.05) is 17.2 Å². The van der Waals surface area contributed by atoms with E-state index < -0.39 is 0 Å². The molecule has 1 aromatic heterocycles. The predicted molar refractivity (Wildman–Crippen MR) is 183 cm³/mol. The third-order valence-corrected chi connectivity index (χ3v) is 8.64. The first-order valence-corrected chi connectivity index (χ1v) is 15.6. The molecule has 0 N–H and O–H groups in total. The van der Waals surface area contributed by atoms with E-state index >= 15 is 0 Å². The van der Waals surface area contributed by atoms with Crippen LogP contribution >= 0.6 is 0 Å². The standard InChI is InChI=1S/C42H39N/c1-3-25-42(26-4-2,39-21-6-5-7-22-39)40-23-13-19-37(31-40)35-17-11-15-33(29-35)32-14-10-16-34(28-32)36-18-12-20-38(30-36)41-24-8-9-27-43-41/h5-24,27-31H,3-4,25-26H2,1-2H3. The molecule has 1 heteroatoms. The molecule has 0 saturated heterocycles. The lowest BCUT2D eigenvalue weighted by Crippen LogP contribution is -2.27. The average Bonchev–Trinajstić information content (AvgIpc) is 3.09. The molecule has 0 saturated carbocycles. The molecule has 1 heterocycles. The number of pyridine rings is 1. The van der Waals surface area contributed by atoms with Crippen LogP contribution < -0.4 is 0 Å². The summed E-state index contributed by atoms with van der Waals surface area (Å²) in [5.74, 6) is 0. The number of rotatable bonds is 10. The monoisotopic (exact) mass is 557 g/mol. The van der Waals surface area contributed by atoms with Crippen molar-refractivity contribution < 1.29 is 0 Å². The summed E-state index contributed by atoms with van der Waals surface area (Å²) < 4.78 is 0. The van der Waals surface area contributed by atoms with Crippen LogP contribution in [0.15, 0.2) is 152 Å². The van der Waals surface area contributed by atoms with Crippen molar-refractivity contribution in [1.29, 1.82) is 0 Å². The van der Waals surface area contributed by atoms with Crippen LogP contribution in [-0.4, -0.2) is 4.98 Å². The van der Waals surface area contributed by atoms with E-state index in [1.165, 1.54) is 44.5 Å². The molecule has 1 nitrogen and oxygen atoms in total. The Morgan fingerprint density at radius 3 is 1.37 bits per heavy atom. The molecule has 0 aliphatic carbocycles. The van der Waals surface area contributed by atoms with E-state index in [-0.39, 0.29) is 5.41 Å². The van der Waals surface area contributed by atoms with Crippen molar-refractivity contribution in [2.24, 2.45) is 0 Å². The molecule has 6 aromatic rings. The first-order chi connectivity index (χ1) is 21.2. The fourth-order valence-corrected chi connectivity index (χ4v) is 6.62. The summed E-state index contributed by atoms with van der Waals surface area (Å²) >= 11 is 0. The summed E-state index contributed by atoms with van der Waals surface area (Å²) in [6.07, 6.45) is 6.43. The second-order valence-electron chi connectivity index (χ2n) is 11.5. The van der Waals surface area contributed by atoms with Crippen LogP contribution in [-0.2, 0) is 5.41 Å². The third kappa shape index (κ3) is 6.08. The number of hydrogen-bond acceptors (Lipinski definition) is 1. The number of benzene rings is 5. The number of aromatic nitrogens is 1. The lowest BCUT2D eigenvalue weighted by atomic mass is 9.68. The first kappa shape index (κ1) is 28.4. The van der Waals surface area contributed by atoms with E-state index in [9.17, 15) is 0 Å². The number of hydrogen-bond donors (Lipinski definition) is 0. The van der Waals surface area contributed by atoms with E-state index in [2.05, 4.69) is 152 Å². The van der Waals surface area contributed by atoms with Gasteiger partial charge in [-0.3, -0.25) is 4.98 Å². The summed E-state index contributed by atoms with van der Waals surface area (Å²) in [5, 5.41) is 0. The normalized spacial score (nSPS) is 11.4. The molecule has 0 radical (unpaired) electrons. The van der Waals surface area contributed by atoms with Crippen LogP contribution in [0.5, 0.6) is 0 Å². The highest BCUT2D eigenvalue weighted by Gasteiger charge is 2.32. The van der Waals surface area contributed by atoms with Gasteiger partial charge < -0.3 is 0 Å². The SMILES string of the molecule is CCCC(CCC)(c1ccccc1)c1cccc(-c2cccc(-c3cccc(-c4cccc(-c5ccccn5)c4)c3)c2)c1. The molecule has 0 unspecified atom stereocenters. The largest absolute Gasteiger partial charge is 0.256 e. The molecule has 0 fully saturated rings. The van der Waals surface area contributed by atoms with Crippen LogP contribution in [0.1, 0.15) is 50.7 Å². The Balaban J connectivity index is 1.35. The van der Waals surface area contributed by atoms with Gasteiger partial charge in [0.25, 0.3) is 0 Å². The van der Waals surface area contributed by atoms with Gasteiger partial charge in [0.05, 0.1) is 5.69 Å². The molecule has 0 aliphatic rings. The lowest BCUT2D eigenvalue weighted by Gasteiger charge is -2.35. The highest BCUT2D eigenvalue weighted by Crippen LogP contribution is 2.42. The zero-order valence-corrected chi connectivity index (χ0v) is 25.2. The van der Waals surface area contributed by atoms with Crippen LogP contribution in [0.25, 0.3) is 44.6 Å². The van der Waals surface area contributed by atoms with Gasteiger partial charge in [0.15, 0.2) is 0 Å². The van der Waals surface area contributed by atoms with Crippen molar-refractivity contribution in [2.45, 2.75) is 44.9 Å². The summed E-state index contributed by atoms with van der Waals surface area (Å²) in [6.45, 7) is 4.62. The summed E-state index contributed by atoms with van der Waals surface area (Å²) in [5.41, 5.74) is 12.3. The van der Waals surface area contributed by atoms with Gasteiger partial charge in [-0.15, -0.1) is 0 Å². The molecular formula is C42H39N. The van der Waals surface area contributed by atoms with Crippen molar-refractivity contribution in [3.05, 3.63) is 163 Å². The lowest BCUT2D eigenvalue weighted by molar-refractivity contribution is 0.426. The average molecular weight is 558 g/mol. The molecule has 5 aromatic carbocycles. The van der Waals surface area contributed by atoms with Gasteiger partial charge in [0.1, 0.15) is 0 Å². The quantitative estimate of drug-likeness (QED) is 0.163. The van der Waals surface area contributed by atoms with E-state index in [0.29, 0.717) is 0 Å². The summed E-state index contributed by atoms with van der Waals surface area (Å²) in [4.78, 5) is 4.55. The molecule has 0 aliphatic heterocycles. The molecule has 0 bridgehead atoms. The second-order valence-corrected chi connectivity index (χ2v) is 11.5. The molecule has 0 amide bonds. The van der Waals surface area contributed by atoms with Crippen LogP contribution in [0.3, 0.4) is 0 Å². The zero-order valence-electron chi connectivity index (χ0n) is 25.2. The van der Waals surface area contributed by atoms with Crippen molar-refractivity contribution in [3.8, 4) is 44.6 Å². The van der Waals surface area contributed by atoms with E-state index in [0.717, 1.165) is 36.9 Å². The van der Waals surface area contributed by atoms with E-state index in [1.54, 1.807) is 0 Å². The Hall–Kier alpha value is -4.75. The Bertz CT molecular complexity index is 1780. The maximum absolute atomic E-state index is 4.55.